The number of carbonyl (C=O) groups is 1. The van der Waals surface area contributed by atoms with Gasteiger partial charge in [0.25, 0.3) is 5.91 Å². The van der Waals surface area contributed by atoms with E-state index in [1.54, 1.807) is 0 Å². The molecule has 21 heavy (non-hydrogen) atoms. The van der Waals surface area contributed by atoms with Gasteiger partial charge in [0.2, 0.25) is 0 Å². The summed E-state index contributed by atoms with van der Waals surface area (Å²) >= 11 is 0. The van der Waals surface area contributed by atoms with Crippen LogP contribution in [0.1, 0.15) is 55.4 Å². The Morgan fingerprint density at radius 3 is 2.62 bits per heavy atom. The van der Waals surface area contributed by atoms with Crippen molar-refractivity contribution in [1.29, 1.82) is 0 Å². The maximum absolute atomic E-state index is 12.2. The minimum atomic E-state index is -0.147. The minimum absolute atomic E-state index is 0.0157. The fourth-order valence-corrected chi connectivity index (χ4v) is 2.47. The number of aryl methyl sites for hydroxylation is 1. The van der Waals surface area contributed by atoms with Gasteiger partial charge in [-0.3, -0.25) is 4.79 Å². The van der Waals surface area contributed by atoms with E-state index in [1.165, 1.54) is 0 Å². The predicted octanol–water partition coefficient (Wildman–Crippen LogP) is 2.64. The van der Waals surface area contributed by atoms with Crippen LogP contribution in [-0.2, 0) is 6.42 Å². The predicted molar refractivity (Wildman–Crippen MR) is 84.5 cm³/mol. The van der Waals surface area contributed by atoms with Crippen molar-refractivity contribution in [2.75, 3.05) is 27.2 Å². The Balaban J connectivity index is 2.62. The van der Waals surface area contributed by atoms with Gasteiger partial charge in [0.05, 0.1) is 0 Å². The van der Waals surface area contributed by atoms with E-state index < -0.39 is 0 Å². The first-order valence-electron chi connectivity index (χ1n) is 7.65. The molecule has 0 atom stereocenters. The Labute approximate surface area is 128 Å². The summed E-state index contributed by atoms with van der Waals surface area (Å²) in [5, 5.41) is 6.90. The van der Waals surface area contributed by atoms with Gasteiger partial charge in [0, 0.05) is 25.1 Å². The zero-order valence-electron chi connectivity index (χ0n) is 14.2. The van der Waals surface area contributed by atoms with Gasteiger partial charge < -0.3 is 14.7 Å². The molecule has 1 rings (SSSR count). The average Bonchev–Trinajstić information content (AvgIpc) is 2.73. The summed E-state index contributed by atoms with van der Waals surface area (Å²) in [6.45, 7) is 9.83. The van der Waals surface area contributed by atoms with E-state index in [4.69, 9.17) is 4.52 Å². The maximum Gasteiger partial charge on any atom is 0.273 e. The Kier molecular flexibility index (Phi) is 6.40. The van der Waals surface area contributed by atoms with Crippen LogP contribution in [-0.4, -0.2) is 43.1 Å². The van der Waals surface area contributed by atoms with E-state index in [-0.39, 0.29) is 11.3 Å². The molecule has 1 amide bonds. The molecule has 0 bridgehead atoms. The quantitative estimate of drug-likeness (QED) is 0.801. The summed E-state index contributed by atoms with van der Waals surface area (Å²) in [6.07, 6.45) is 2.99. The first kappa shape index (κ1) is 17.7. The lowest BCUT2D eigenvalue weighted by Gasteiger charge is -2.28. The molecule has 1 aromatic rings. The molecule has 0 aliphatic heterocycles. The lowest BCUT2D eigenvalue weighted by molar-refractivity contribution is 0.0919. The molecule has 0 saturated carbocycles. The van der Waals surface area contributed by atoms with Gasteiger partial charge in [-0.2, -0.15) is 0 Å². The number of nitrogens with one attached hydrogen (secondary N) is 1. The topological polar surface area (TPSA) is 58.4 Å². The number of nitrogens with zero attached hydrogens (tertiary/aromatic N) is 2. The molecule has 0 aliphatic rings. The molecule has 1 N–H and O–H groups in total. The summed E-state index contributed by atoms with van der Waals surface area (Å²) < 4.78 is 5.30. The standard InChI is InChI=1S/C16H29N3O2/c1-7-8-9-13-12(2)14(18-21-13)15(20)17-10-16(3,4)11-19(5)6/h7-11H2,1-6H3,(H,17,20). The Hall–Kier alpha value is -1.36. The van der Waals surface area contributed by atoms with Gasteiger partial charge in [0.1, 0.15) is 5.76 Å². The van der Waals surface area contributed by atoms with E-state index in [0.717, 1.165) is 37.1 Å². The van der Waals surface area contributed by atoms with Crippen molar-refractivity contribution >= 4 is 5.91 Å². The fourth-order valence-electron chi connectivity index (χ4n) is 2.47. The van der Waals surface area contributed by atoms with Crippen LogP contribution in [0, 0.1) is 12.3 Å². The number of amides is 1. The fraction of sp³-hybridized carbons (Fsp3) is 0.750. The molecule has 0 aromatic carbocycles. The van der Waals surface area contributed by atoms with Crippen LogP contribution in [0.4, 0.5) is 0 Å². The second-order valence-corrected chi connectivity index (χ2v) is 6.77. The number of carbonyl (C=O) groups excluding carboxylic acids is 1. The van der Waals surface area contributed by atoms with Crippen LogP contribution < -0.4 is 5.32 Å². The van der Waals surface area contributed by atoms with Crippen molar-refractivity contribution in [3.05, 3.63) is 17.0 Å². The number of unbranched alkanes of at least 4 members (excludes halogenated alkanes) is 1. The van der Waals surface area contributed by atoms with E-state index in [1.807, 2.05) is 21.0 Å². The van der Waals surface area contributed by atoms with Gasteiger partial charge >= 0.3 is 0 Å². The third kappa shape index (κ3) is 5.50. The van der Waals surface area contributed by atoms with Gasteiger partial charge in [-0.1, -0.05) is 32.3 Å². The first-order valence-corrected chi connectivity index (χ1v) is 7.65. The van der Waals surface area contributed by atoms with Gasteiger partial charge in [-0.05, 0) is 32.9 Å². The second kappa shape index (κ2) is 7.59. The number of rotatable bonds is 8. The van der Waals surface area contributed by atoms with Crippen LogP contribution in [0.15, 0.2) is 4.52 Å². The van der Waals surface area contributed by atoms with Crippen LogP contribution in [0.2, 0.25) is 0 Å². The van der Waals surface area contributed by atoms with Crippen LogP contribution in [0.3, 0.4) is 0 Å². The summed E-state index contributed by atoms with van der Waals surface area (Å²) in [4.78, 5) is 14.4. The highest BCUT2D eigenvalue weighted by Crippen LogP contribution is 2.17. The van der Waals surface area contributed by atoms with Crippen LogP contribution >= 0.6 is 0 Å². The highest BCUT2D eigenvalue weighted by Gasteiger charge is 2.23. The van der Waals surface area contributed by atoms with Crippen molar-refractivity contribution in [2.45, 2.75) is 47.0 Å². The monoisotopic (exact) mass is 295 g/mol. The smallest absolute Gasteiger partial charge is 0.273 e. The molecular weight excluding hydrogens is 266 g/mol. The normalized spacial score (nSPS) is 12.0. The molecule has 0 saturated heterocycles. The largest absolute Gasteiger partial charge is 0.360 e. The molecule has 0 aliphatic carbocycles. The van der Waals surface area contributed by atoms with Crippen molar-refractivity contribution in [3.63, 3.8) is 0 Å². The lowest BCUT2D eigenvalue weighted by Crippen LogP contribution is -2.40. The van der Waals surface area contributed by atoms with Crippen molar-refractivity contribution in [1.82, 2.24) is 15.4 Å². The third-order valence-corrected chi connectivity index (χ3v) is 3.46. The molecule has 120 valence electrons. The highest BCUT2D eigenvalue weighted by molar-refractivity contribution is 5.93. The number of hydrogen-bond acceptors (Lipinski definition) is 4. The summed E-state index contributed by atoms with van der Waals surface area (Å²) in [6, 6.07) is 0. The maximum atomic E-state index is 12.2. The Morgan fingerprint density at radius 2 is 2.05 bits per heavy atom. The third-order valence-electron chi connectivity index (χ3n) is 3.46. The van der Waals surface area contributed by atoms with Crippen molar-refractivity contribution in [2.24, 2.45) is 5.41 Å². The van der Waals surface area contributed by atoms with Crippen LogP contribution in [0.5, 0.6) is 0 Å². The summed E-state index contributed by atoms with van der Waals surface area (Å²) in [5.41, 5.74) is 1.30. The number of hydrogen-bond donors (Lipinski definition) is 1. The molecule has 0 fully saturated rings. The molecule has 5 heteroatoms. The summed E-state index contributed by atoms with van der Waals surface area (Å²) in [7, 11) is 4.07. The van der Waals surface area contributed by atoms with Crippen molar-refractivity contribution < 1.29 is 9.32 Å². The summed E-state index contributed by atoms with van der Waals surface area (Å²) in [5.74, 6) is 0.681. The van der Waals surface area contributed by atoms with Crippen LogP contribution in [0.25, 0.3) is 0 Å². The van der Waals surface area contributed by atoms with E-state index >= 15 is 0 Å². The number of aromatic nitrogens is 1. The molecule has 0 spiro atoms. The molecule has 1 aromatic heterocycles. The molecule has 5 nitrogen and oxygen atoms in total. The first-order chi connectivity index (χ1) is 9.76. The van der Waals surface area contributed by atoms with Gasteiger partial charge in [-0.15, -0.1) is 0 Å². The molecular formula is C16H29N3O2. The van der Waals surface area contributed by atoms with E-state index in [2.05, 4.69) is 36.1 Å². The lowest BCUT2D eigenvalue weighted by atomic mass is 9.93. The van der Waals surface area contributed by atoms with E-state index in [9.17, 15) is 4.79 Å². The zero-order valence-corrected chi connectivity index (χ0v) is 14.2. The molecule has 0 radical (unpaired) electrons. The second-order valence-electron chi connectivity index (χ2n) is 6.77. The Morgan fingerprint density at radius 1 is 1.38 bits per heavy atom. The van der Waals surface area contributed by atoms with Gasteiger partial charge in [0.15, 0.2) is 5.69 Å². The molecule has 1 heterocycles. The average molecular weight is 295 g/mol. The van der Waals surface area contributed by atoms with Crippen molar-refractivity contribution in [3.8, 4) is 0 Å². The van der Waals surface area contributed by atoms with E-state index in [0.29, 0.717) is 12.2 Å². The highest BCUT2D eigenvalue weighted by atomic mass is 16.5. The zero-order chi connectivity index (χ0) is 16.0. The molecule has 0 unspecified atom stereocenters. The minimum Gasteiger partial charge on any atom is -0.360 e. The Bertz CT molecular complexity index is 464. The van der Waals surface area contributed by atoms with Gasteiger partial charge in [-0.25, -0.2) is 0 Å². The SMILES string of the molecule is CCCCc1onc(C(=O)NCC(C)(C)CN(C)C)c1C.